The standard InChI is InChI=1S/C19H20N4O5/c1-11(2)9-23-16(21)15(17(25)22(3)19(23)27)14(24)10-28-18(26)13-6-4-12(8-20)5-7-13/h4-7,11H,9-10,21H2,1-3H3. The Morgan fingerprint density at radius 2 is 1.82 bits per heavy atom. The number of nitriles is 1. The molecule has 0 amide bonds. The van der Waals surface area contributed by atoms with Crippen LogP contribution in [0.25, 0.3) is 0 Å². The molecule has 0 fully saturated rings. The topological polar surface area (TPSA) is 137 Å². The summed E-state index contributed by atoms with van der Waals surface area (Å²) < 4.78 is 6.91. The van der Waals surface area contributed by atoms with Gasteiger partial charge in [0.25, 0.3) is 5.56 Å². The van der Waals surface area contributed by atoms with Gasteiger partial charge in [-0.3, -0.25) is 18.7 Å². The molecule has 1 aromatic heterocycles. The highest BCUT2D eigenvalue weighted by Gasteiger charge is 2.23. The summed E-state index contributed by atoms with van der Waals surface area (Å²) in [6, 6.07) is 7.58. The molecule has 0 bridgehead atoms. The molecule has 2 aromatic rings. The van der Waals surface area contributed by atoms with Crippen LogP contribution < -0.4 is 17.0 Å². The summed E-state index contributed by atoms with van der Waals surface area (Å²) in [6.07, 6.45) is 0. The van der Waals surface area contributed by atoms with Crippen LogP contribution in [0.15, 0.2) is 33.9 Å². The third kappa shape index (κ3) is 4.17. The van der Waals surface area contributed by atoms with Crippen molar-refractivity contribution in [3.05, 3.63) is 61.8 Å². The lowest BCUT2D eigenvalue weighted by Crippen LogP contribution is -2.43. The fourth-order valence-corrected chi connectivity index (χ4v) is 2.55. The van der Waals surface area contributed by atoms with E-state index in [1.165, 1.54) is 31.3 Å². The molecule has 2 N–H and O–H groups in total. The van der Waals surface area contributed by atoms with Gasteiger partial charge in [0.15, 0.2) is 6.61 Å². The number of hydrogen-bond donors (Lipinski definition) is 1. The fourth-order valence-electron chi connectivity index (χ4n) is 2.55. The van der Waals surface area contributed by atoms with Crippen LogP contribution in [0, 0.1) is 17.2 Å². The highest BCUT2D eigenvalue weighted by Crippen LogP contribution is 2.10. The number of carbonyl (C=O) groups is 2. The zero-order valence-corrected chi connectivity index (χ0v) is 15.8. The first kappa shape index (κ1) is 20.6. The second kappa shape index (κ2) is 8.35. The van der Waals surface area contributed by atoms with Gasteiger partial charge in [-0.25, -0.2) is 9.59 Å². The van der Waals surface area contributed by atoms with E-state index in [2.05, 4.69) is 0 Å². The monoisotopic (exact) mass is 384 g/mol. The molecule has 0 aliphatic rings. The van der Waals surface area contributed by atoms with Crippen molar-refractivity contribution in [1.29, 1.82) is 5.26 Å². The maximum atomic E-state index is 12.5. The SMILES string of the molecule is CC(C)Cn1c(N)c(C(=O)COC(=O)c2ccc(C#N)cc2)c(=O)n(C)c1=O. The minimum atomic E-state index is -0.845. The maximum Gasteiger partial charge on any atom is 0.338 e. The summed E-state index contributed by atoms with van der Waals surface area (Å²) in [6.45, 7) is 3.23. The first-order chi connectivity index (χ1) is 13.2. The molecule has 146 valence electrons. The Kier molecular flexibility index (Phi) is 6.15. The molecular weight excluding hydrogens is 364 g/mol. The van der Waals surface area contributed by atoms with Gasteiger partial charge < -0.3 is 10.5 Å². The molecule has 0 unspecified atom stereocenters. The molecule has 0 spiro atoms. The molecule has 0 aliphatic carbocycles. The van der Waals surface area contributed by atoms with Crippen LogP contribution in [-0.4, -0.2) is 27.5 Å². The predicted molar refractivity (Wildman–Crippen MR) is 101 cm³/mol. The summed E-state index contributed by atoms with van der Waals surface area (Å²) in [4.78, 5) is 49.2. The van der Waals surface area contributed by atoms with E-state index < -0.39 is 35.2 Å². The molecule has 1 aromatic carbocycles. The molecule has 1 heterocycles. The largest absolute Gasteiger partial charge is 0.454 e. The Labute approximate surface area is 160 Å². The maximum absolute atomic E-state index is 12.5. The summed E-state index contributed by atoms with van der Waals surface area (Å²) >= 11 is 0. The minimum absolute atomic E-state index is 0.0506. The minimum Gasteiger partial charge on any atom is -0.454 e. The number of nitrogen functional groups attached to an aromatic ring is 1. The summed E-state index contributed by atoms with van der Waals surface area (Å²) in [7, 11) is 1.25. The van der Waals surface area contributed by atoms with E-state index in [9.17, 15) is 19.2 Å². The average Bonchev–Trinajstić information content (AvgIpc) is 2.67. The third-order valence-electron chi connectivity index (χ3n) is 3.99. The Morgan fingerprint density at radius 3 is 2.36 bits per heavy atom. The molecule has 0 radical (unpaired) electrons. The quantitative estimate of drug-likeness (QED) is 0.571. The molecule has 0 atom stereocenters. The first-order valence-corrected chi connectivity index (χ1v) is 8.47. The number of carbonyl (C=O) groups excluding carboxylic acids is 2. The van der Waals surface area contributed by atoms with Gasteiger partial charge in [-0.1, -0.05) is 13.8 Å². The van der Waals surface area contributed by atoms with Gasteiger partial charge in [0, 0.05) is 13.6 Å². The summed E-state index contributed by atoms with van der Waals surface area (Å²) in [5.74, 6) is -1.79. The lowest BCUT2D eigenvalue weighted by Gasteiger charge is -2.16. The van der Waals surface area contributed by atoms with Crippen LogP contribution in [0.1, 0.15) is 40.1 Å². The Bertz CT molecular complexity index is 1070. The zero-order valence-electron chi connectivity index (χ0n) is 15.8. The van der Waals surface area contributed by atoms with Gasteiger partial charge in [0.2, 0.25) is 5.78 Å². The number of hydrogen-bond acceptors (Lipinski definition) is 7. The van der Waals surface area contributed by atoms with Crippen LogP contribution >= 0.6 is 0 Å². The Hall–Kier alpha value is -3.67. The lowest BCUT2D eigenvalue weighted by atomic mass is 10.1. The average molecular weight is 384 g/mol. The van der Waals surface area contributed by atoms with Crippen LogP contribution in [0.4, 0.5) is 5.82 Å². The molecule has 9 nitrogen and oxygen atoms in total. The van der Waals surface area contributed by atoms with Gasteiger partial charge in [0.05, 0.1) is 17.2 Å². The molecule has 28 heavy (non-hydrogen) atoms. The van der Waals surface area contributed by atoms with E-state index in [1.807, 2.05) is 19.9 Å². The zero-order chi connectivity index (χ0) is 21.0. The number of nitrogens with zero attached hydrogens (tertiary/aromatic N) is 3. The van der Waals surface area contributed by atoms with Crippen molar-refractivity contribution in [2.24, 2.45) is 13.0 Å². The van der Waals surface area contributed by atoms with Crippen molar-refractivity contribution >= 4 is 17.6 Å². The summed E-state index contributed by atoms with van der Waals surface area (Å²) in [5, 5.41) is 8.76. The fraction of sp³-hybridized carbons (Fsp3) is 0.316. The number of nitrogens with two attached hydrogens (primary N) is 1. The third-order valence-corrected chi connectivity index (χ3v) is 3.99. The Morgan fingerprint density at radius 1 is 1.21 bits per heavy atom. The number of aromatic nitrogens is 2. The number of Topliss-reactive ketones (excluding diaryl/α,β-unsaturated/α-hetero) is 1. The predicted octanol–water partition coefficient (Wildman–Crippen LogP) is 0.697. The van der Waals surface area contributed by atoms with Crippen molar-refractivity contribution in [3.8, 4) is 6.07 Å². The number of benzene rings is 1. The van der Waals surface area contributed by atoms with Crippen LogP contribution in [0.2, 0.25) is 0 Å². The number of ether oxygens (including phenoxy) is 1. The number of rotatable bonds is 6. The van der Waals surface area contributed by atoms with Gasteiger partial charge >= 0.3 is 11.7 Å². The van der Waals surface area contributed by atoms with Gasteiger partial charge in [0.1, 0.15) is 11.4 Å². The highest BCUT2D eigenvalue weighted by atomic mass is 16.5. The molecular formula is C19H20N4O5. The van der Waals surface area contributed by atoms with Gasteiger partial charge in [-0.2, -0.15) is 5.26 Å². The molecule has 0 aliphatic heterocycles. The van der Waals surface area contributed by atoms with Gasteiger partial charge in [-0.15, -0.1) is 0 Å². The lowest BCUT2D eigenvalue weighted by molar-refractivity contribution is 0.0474. The van der Waals surface area contributed by atoms with Crippen molar-refractivity contribution < 1.29 is 14.3 Å². The van der Waals surface area contributed by atoms with E-state index >= 15 is 0 Å². The molecule has 9 heteroatoms. The van der Waals surface area contributed by atoms with Crippen molar-refractivity contribution in [3.63, 3.8) is 0 Å². The normalized spacial score (nSPS) is 10.5. The molecule has 2 rings (SSSR count). The van der Waals surface area contributed by atoms with Crippen molar-refractivity contribution in [2.75, 3.05) is 12.3 Å². The summed E-state index contributed by atoms with van der Waals surface area (Å²) in [5.41, 5.74) is 4.57. The second-order valence-corrected chi connectivity index (χ2v) is 6.60. The number of anilines is 1. The van der Waals surface area contributed by atoms with Crippen LogP contribution in [-0.2, 0) is 18.3 Å². The second-order valence-electron chi connectivity index (χ2n) is 6.60. The van der Waals surface area contributed by atoms with E-state index in [0.29, 0.717) is 5.56 Å². The molecule has 0 saturated carbocycles. The van der Waals surface area contributed by atoms with Crippen molar-refractivity contribution in [2.45, 2.75) is 20.4 Å². The Balaban J connectivity index is 2.27. The number of ketones is 1. The van der Waals surface area contributed by atoms with E-state index in [4.69, 9.17) is 15.7 Å². The number of esters is 1. The van der Waals surface area contributed by atoms with Crippen molar-refractivity contribution in [1.82, 2.24) is 9.13 Å². The van der Waals surface area contributed by atoms with E-state index in [1.54, 1.807) is 0 Å². The van der Waals surface area contributed by atoms with Crippen LogP contribution in [0.3, 0.4) is 0 Å². The van der Waals surface area contributed by atoms with Crippen LogP contribution in [0.5, 0.6) is 0 Å². The van der Waals surface area contributed by atoms with E-state index in [0.717, 1.165) is 9.13 Å². The highest BCUT2D eigenvalue weighted by molar-refractivity contribution is 6.02. The van der Waals surface area contributed by atoms with E-state index in [-0.39, 0.29) is 23.8 Å². The van der Waals surface area contributed by atoms with Gasteiger partial charge in [-0.05, 0) is 30.2 Å². The first-order valence-electron chi connectivity index (χ1n) is 8.47. The smallest absolute Gasteiger partial charge is 0.338 e. The molecule has 0 saturated heterocycles.